The Hall–Kier alpha value is -3.00. The van der Waals surface area contributed by atoms with Crippen molar-refractivity contribution >= 4 is 23.2 Å². The van der Waals surface area contributed by atoms with Crippen molar-refractivity contribution < 1.29 is 9.53 Å². The van der Waals surface area contributed by atoms with Crippen molar-refractivity contribution in [1.29, 1.82) is 0 Å². The fraction of sp³-hybridized carbons (Fsp3) is 0.292. The molecule has 0 aromatic heterocycles. The molecule has 0 bridgehead atoms. The van der Waals surface area contributed by atoms with Crippen LogP contribution in [-0.4, -0.2) is 30.8 Å². The third-order valence-corrected chi connectivity index (χ3v) is 6.18. The Morgan fingerprint density at radius 3 is 2.81 bits per heavy atom. The molecule has 1 amide bonds. The van der Waals surface area contributed by atoms with E-state index >= 15 is 0 Å². The highest BCUT2D eigenvalue weighted by molar-refractivity contribution is 6.30. The standard InChI is InChI=1S/C24H28ClN5O2/c1-3-14-32-15-28-19-7-5-4-6-18(19)20-12-13-27-23-21(22(26)31)24(2,29-30(20)23)16-8-10-17(25)11-9-16/h3-11,20,27-29H,1,12-15H2,2H3,(H2,26,31). The number of amides is 1. The number of carbonyl (C=O) groups excluding carboxylic acids is 1. The number of primary amides is 1. The highest BCUT2D eigenvalue weighted by Gasteiger charge is 2.48. The molecule has 2 aromatic rings. The highest BCUT2D eigenvalue weighted by Crippen LogP contribution is 2.44. The number of nitrogens with one attached hydrogen (secondary N) is 3. The first-order chi connectivity index (χ1) is 15.5. The third kappa shape index (κ3) is 4.07. The highest BCUT2D eigenvalue weighted by atomic mass is 35.5. The van der Waals surface area contributed by atoms with E-state index in [2.05, 4.69) is 28.7 Å². The lowest BCUT2D eigenvalue weighted by molar-refractivity contribution is -0.115. The van der Waals surface area contributed by atoms with E-state index in [1.165, 1.54) is 0 Å². The maximum absolute atomic E-state index is 12.6. The molecule has 2 aliphatic rings. The summed E-state index contributed by atoms with van der Waals surface area (Å²) in [6, 6.07) is 15.6. The Bertz CT molecular complexity index is 1040. The third-order valence-electron chi connectivity index (χ3n) is 5.93. The van der Waals surface area contributed by atoms with Crippen molar-refractivity contribution in [2.24, 2.45) is 5.73 Å². The van der Waals surface area contributed by atoms with Gasteiger partial charge in [-0.25, -0.2) is 5.43 Å². The second-order valence-electron chi connectivity index (χ2n) is 8.00. The van der Waals surface area contributed by atoms with Gasteiger partial charge in [0.15, 0.2) is 0 Å². The first kappa shape index (κ1) is 22.2. The quantitative estimate of drug-likeness (QED) is 0.278. The largest absolute Gasteiger partial charge is 0.370 e. The SMILES string of the molecule is C=CCOCNc1ccccc1C1CCNC2=C(C(N)=O)C(C)(c3ccc(Cl)cc3)NN21. The van der Waals surface area contributed by atoms with E-state index in [0.29, 0.717) is 36.3 Å². The predicted octanol–water partition coefficient (Wildman–Crippen LogP) is 3.38. The lowest BCUT2D eigenvalue weighted by atomic mass is 9.85. The van der Waals surface area contributed by atoms with E-state index in [9.17, 15) is 4.79 Å². The number of para-hydroxylation sites is 1. The number of nitrogens with zero attached hydrogens (tertiary/aromatic N) is 1. The van der Waals surface area contributed by atoms with Gasteiger partial charge < -0.3 is 21.1 Å². The molecular weight excluding hydrogens is 426 g/mol. The summed E-state index contributed by atoms with van der Waals surface area (Å²) in [6.07, 6.45) is 2.56. The Morgan fingerprint density at radius 2 is 2.09 bits per heavy atom. The molecule has 32 heavy (non-hydrogen) atoms. The summed E-state index contributed by atoms with van der Waals surface area (Å²) in [7, 11) is 0. The molecule has 4 rings (SSSR count). The minimum atomic E-state index is -0.795. The first-order valence-electron chi connectivity index (χ1n) is 10.6. The van der Waals surface area contributed by atoms with Gasteiger partial charge in [-0.3, -0.25) is 9.80 Å². The van der Waals surface area contributed by atoms with Gasteiger partial charge in [0.2, 0.25) is 0 Å². The summed E-state index contributed by atoms with van der Waals surface area (Å²) < 4.78 is 5.51. The number of fused-ring (bicyclic) bond motifs is 1. The molecule has 1 saturated heterocycles. The van der Waals surface area contributed by atoms with Crippen LogP contribution in [0.5, 0.6) is 0 Å². The average Bonchev–Trinajstić information content (AvgIpc) is 3.11. The number of rotatable bonds is 8. The van der Waals surface area contributed by atoms with Crippen LogP contribution >= 0.6 is 11.6 Å². The number of hydrazine groups is 1. The van der Waals surface area contributed by atoms with Crippen LogP contribution < -0.4 is 21.8 Å². The minimum absolute atomic E-state index is 0.0159. The van der Waals surface area contributed by atoms with Gasteiger partial charge in [0.1, 0.15) is 12.6 Å². The summed E-state index contributed by atoms with van der Waals surface area (Å²) >= 11 is 6.10. The number of nitrogens with two attached hydrogens (primary N) is 1. The van der Waals surface area contributed by atoms with Gasteiger partial charge in [-0.2, -0.15) is 0 Å². The second-order valence-corrected chi connectivity index (χ2v) is 8.44. The fourth-order valence-electron chi connectivity index (χ4n) is 4.44. The molecule has 7 nitrogen and oxygen atoms in total. The average molecular weight is 454 g/mol. The minimum Gasteiger partial charge on any atom is -0.370 e. The molecular formula is C24H28ClN5O2. The lowest BCUT2D eigenvalue weighted by Gasteiger charge is -2.39. The van der Waals surface area contributed by atoms with Gasteiger partial charge in [0, 0.05) is 17.3 Å². The molecule has 0 aliphatic carbocycles. The normalized spacial score (nSPS) is 22.3. The number of hydrogen-bond donors (Lipinski definition) is 4. The summed E-state index contributed by atoms with van der Waals surface area (Å²) in [5.41, 5.74) is 12.2. The molecule has 5 N–H and O–H groups in total. The van der Waals surface area contributed by atoms with Crippen LogP contribution in [0.25, 0.3) is 0 Å². The number of carbonyl (C=O) groups is 1. The summed E-state index contributed by atoms with van der Waals surface area (Å²) in [5.74, 6) is 0.244. The summed E-state index contributed by atoms with van der Waals surface area (Å²) in [6.45, 7) is 7.20. The van der Waals surface area contributed by atoms with Gasteiger partial charge in [-0.05, 0) is 42.7 Å². The van der Waals surface area contributed by atoms with Crippen molar-refractivity contribution in [2.75, 3.05) is 25.2 Å². The Labute approximate surface area is 193 Å². The van der Waals surface area contributed by atoms with Crippen LogP contribution in [0.2, 0.25) is 5.02 Å². The smallest absolute Gasteiger partial charge is 0.250 e. The number of halogens is 1. The maximum atomic E-state index is 12.6. The van der Waals surface area contributed by atoms with Gasteiger partial charge in [0.25, 0.3) is 5.91 Å². The molecule has 1 fully saturated rings. The fourth-order valence-corrected chi connectivity index (χ4v) is 4.57. The molecule has 2 atom stereocenters. The molecule has 168 valence electrons. The number of ether oxygens (including phenoxy) is 1. The molecule has 0 spiro atoms. The zero-order valence-electron chi connectivity index (χ0n) is 18.0. The molecule has 8 heteroatoms. The Kier molecular flexibility index (Phi) is 6.41. The Balaban J connectivity index is 1.70. The number of benzene rings is 2. The molecule has 2 aromatic carbocycles. The van der Waals surface area contributed by atoms with Crippen LogP contribution in [0.15, 0.2) is 72.6 Å². The van der Waals surface area contributed by atoms with Crippen LogP contribution in [-0.2, 0) is 15.1 Å². The molecule has 2 aliphatic heterocycles. The predicted molar refractivity (Wildman–Crippen MR) is 126 cm³/mol. The van der Waals surface area contributed by atoms with Gasteiger partial charge in [-0.1, -0.05) is 48.0 Å². The summed E-state index contributed by atoms with van der Waals surface area (Å²) in [5, 5.41) is 9.40. The van der Waals surface area contributed by atoms with E-state index in [-0.39, 0.29) is 6.04 Å². The molecule has 0 radical (unpaired) electrons. The van der Waals surface area contributed by atoms with Gasteiger partial charge in [-0.15, -0.1) is 6.58 Å². The van der Waals surface area contributed by atoms with Crippen LogP contribution in [0.3, 0.4) is 0 Å². The Morgan fingerprint density at radius 1 is 1.34 bits per heavy atom. The van der Waals surface area contributed by atoms with Crippen molar-refractivity contribution in [3.8, 4) is 0 Å². The number of hydrogen-bond acceptors (Lipinski definition) is 6. The number of anilines is 1. The van der Waals surface area contributed by atoms with Crippen LogP contribution in [0.1, 0.15) is 30.5 Å². The van der Waals surface area contributed by atoms with Crippen molar-refractivity contribution in [2.45, 2.75) is 24.9 Å². The maximum Gasteiger partial charge on any atom is 0.250 e. The van der Waals surface area contributed by atoms with Crippen LogP contribution in [0, 0.1) is 0 Å². The van der Waals surface area contributed by atoms with Crippen molar-refractivity contribution in [3.05, 3.63) is 88.7 Å². The van der Waals surface area contributed by atoms with Crippen molar-refractivity contribution in [3.63, 3.8) is 0 Å². The van der Waals surface area contributed by atoms with E-state index in [4.69, 9.17) is 22.1 Å². The molecule has 0 saturated carbocycles. The van der Waals surface area contributed by atoms with E-state index in [1.54, 1.807) is 6.08 Å². The summed E-state index contributed by atoms with van der Waals surface area (Å²) in [4.78, 5) is 12.6. The van der Waals surface area contributed by atoms with Gasteiger partial charge >= 0.3 is 0 Å². The zero-order valence-corrected chi connectivity index (χ0v) is 18.8. The molecule has 2 heterocycles. The second kappa shape index (κ2) is 9.24. The van der Waals surface area contributed by atoms with Gasteiger partial charge in [0.05, 0.1) is 23.8 Å². The lowest BCUT2D eigenvalue weighted by Crippen LogP contribution is -2.50. The van der Waals surface area contributed by atoms with Crippen molar-refractivity contribution in [1.82, 2.24) is 15.8 Å². The first-order valence-corrected chi connectivity index (χ1v) is 11.0. The molecule has 2 unspecified atom stereocenters. The topological polar surface area (TPSA) is 91.6 Å². The monoisotopic (exact) mass is 453 g/mol. The van der Waals surface area contributed by atoms with E-state index in [1.807, 2.05) is 54.4 Å². The van der Waals surface area contributed by atoms with E-state index < -0.39 is 11.4 Å². The zero-order chi connectivity index (χ0) is 22.7. The van der Waals surface area contributed by atoms with Crippen LogP contribution in [0.4, 0.5) is 5.69 Å². The van der Waals surface area contributed by atoms with E-state index in [0.717, 1.165) is 23.2 Å².